The van der Waals surface area contributed by atoms with Crippen LogP contribution in [0.4, 0.5) is 0 Å². The van der Waals surface area contributed by atoms with Gasteiger partial charge in [0.2, 0.25) is 0 Å². The minimum absolute atomic E-state index is 0.0527. The monoisotopic (exact) mass is 416 g/mol. The van der Waals surface area contributed by atoms with Gasteiger partial charge in [-0.2, -0.15) is 5.26 Å². The fraction of sp³-hybridized carbons (Fsp3) is 0.593. The Morgan fingerprint density at radius 1 is 1.26 bits per heavy atom. The Morgan fingerprint density at radius 3 is 2.81 bits per heavy atom. The van der Waals surface area contributed by atoms with Crippen molar-refractivity contribution in [3.05, 3.63) is 47.8 Å². The van der Waals surface area contributed by atoms with Crippen LogP contribution in [0, 0.1) is 45.8 Å². The average Bonchev–Trinajstić information content (AvgIpc) is 3.11. The molecular formula is C27H32N2O2. The van der Waals surface area contributed by atoms with Gasteiger partial charge in [0, 0.05) is 30.8 Å². The zero-order valence-electron chi connectivity index (χ0n) is 18.8. The van der Waals surface area contributed by atoms with E-state index < -0.39 is 0 Å². The molecule has 4 heteroatoms. The van der Waals surface area contributed by atoms with Crippen LogP contribution in [0.2, 0.25) is 0 Å². The maximum atomic E-state index is 11.5. The molecule has 31 heavy (non-hydrogen) atoms. The van der Waals surface area contributed by atoms with E-state index in [9.17, 15) is 10.1 Å². The topological polar surface area (TPSA) is 63.0 Å². The van der Waals surface area contributed by atoms with E-state index >= 15 is 0 Å². The lowest BCUT2D eigenvalue weighted by atomic mass is 9.45. The molecule has 1 aromatic heterocycles. The third-order valence-corrected chi connectivity index (χ3v) is 9.24. The number of hydrogen-bond donors (Lipinski definition) is 0. The number of esters is 1. The number of nitrogens with zero attached hydrogens (tertiary/aromatic N) is 2. The third-order valence-electron chi connectivity index (χ3n) is 9.24. The second-order valence-electron chi connectivity index (χ2n) is 10.6. The van der Waals surface area contributed by atoms with E-state index in [1.807, 2.05) is 18.5 Å². The lowest BCUT2D eigenvalue weighted by molar-refractivity contribution is -0.152. The number of nitriles is 1. The van der Waals surface area contributed by atoms with E-state index in [2.05, 4.69) is 43.1 Å². The number of aromatic nitrogens is 1. The van der Waals surface area contributed by atoms with Crippen LogP contribution in [-0.4, -0.2) is 17.1 Å². The Hall–Kier alpha value is -2.41. The summed E-state index contributed by atoms with van der Waals surface area (Å²) in [7, 11) is 0. The fourth-order valence-corrected chi connectivity index (χ4v) is 7.74. The van der Waals surface area contributed by atoms with Crippen LogP contribution in [0.3, 0.4) is 0 Å². The molecule has 1 heterocycles. The van der Waals surface area contributed by atoms with Crippen LogP contribution < -0.4 is 0 Å². The largest absolute Gasteiger partial charge is 0.463 e. The first-order valence-electron chi connectivity index (χ1n) is 11.8. The molecular weight excluding hydrogens is 384 g/mol. The predicted octanol–water partition coefficient (Wildman–Crippen LogP) is 5.72. The third kappa shape index (κ3) is 3.08. The van der Waals surface area contributed by atoms with Crippen LogP contribution >= 0.6 is 0 Å². The Bertz CT molecular complexity index is 990. The Balaban J connectivity index is 1.48. The molecule has 1 aromatic rings. The zero-order valence-corrected chi connectivity index (χ0v) is 18.8. The molecule has 2 saturated carbocycles. The number of carbonyl (C=O) groups excluding carboxylic acids is 1. The molecule has 7 atom stereocenters. The van der Waals surface area contributed by atoms with Gasteiger partial charge in [0.05, 0.1) is 6.07 Å². The van der Waals surface area contributed by atoms with Crippen molar-refractivity contribution in [1.82, 2.24) is 4.98 Å². The SMILES string of the molecule is CC(=O)OC1CC[C@@]2(C)C(C1)C(C#N)=C[C@@H]1[C@H]2CC[C@]2(C)C(c3cccnc3)=CC[C@@H]12. The minimum Gasteiger partial charge on any atom is -0.463 e. The first kappa shape index (κ1) is 20.5. The molecule has 0 saturated heterocycles. The summed E-state index contributed by atoms with van der Waals surface area (Å²) in [5.74, 6) is 1.55. The van der Waals surface area contributed by atoms with Crippen LogP contribution in [0.15, 0.2) is 42.3 Å². The summed E-state index contributed by atoms with van der Waals surface area (Å²) in [5, 5.41) is 10.1. The molecule has 0 aromatic carbocycles. The van der Waals surface area contributed by atoms with Crippen LogP contribution in [0.5, 0.6) is 0 Å². The summed E-state index contributed by atoms with van der Waals surface area (Å²) in [6.07, 6.45) is 14.7. The molecule has 0 radical (unpaired) electrons. The molecule has 162 valence electrons. The van der Waals surface area contributed by atoms with Crippen molar-refractivity contribution in [3.63, 3.8) is 0 Å². The number of fused-ring (bicyclic) bond motifs is 5. The molecule has 0 bridgehead atoms. The van der Waals surface area contributed by atoms with E-state index in [1.54, 1.807) is 0 Å². The molecule has 4 aliphatic carbocycles. The number of carbonyl (C=O) groups is 1. The molecule has 4 nitrogen and oxygen atoms in total. The van der Waals surface area contributed by atoms with Crippen molar-refractivity contribution in [3.8, 4) is 6.07 Å². The van der Waals surface area contributed by atoms with Crippen LogP contribution in [0.1, 0.15) is 64.9 Å². The molecule has 2 unspecified atom stereocenters. The highest BCUT2D eigenvalue weighted by Crippen LogP contribution is 2.67. The Morgan fingerprint density at radius 2 is 2.10 bits per heavy atom. The fourth-order valence-electron chi connectivity index (χ4n) is 7.74. The van der Waals surface area contributed by atoms with E-state index in [-0.39, 0.29) is 28.8 Å². The van der Waals surface area contributed by atoms with Crippen molar-refractivity contribution in [1.29, 1.82) is 5.26 Å². The Labute approximate surface area is 185 Å². The van der Waals surface area contributed by atoms with Crippen molar-refractivity contribution in [2.45, 2.75) is 65.4 Å². The smallest absolute Gasteiger partial charge is 0.302 e. The quantitative estimate of drug-likeness (QED) is 0.579. The second kappa shape index (κ2) is 7.33. The van der Waals surface area contributed by atoms with Gasteiger partial charge in [0.25, 0.3) is 0 Å². The zero-order chi connectivity index (χ0) is 21.8. The maximum Gasteiger partial charge on any atom is 0.302 e. The normalized spacial score (nSPS) is 41.0. The van der Waals surface area contributed by atoms with Gasteiger partial charge in [0.15, 0.2) is 0 Å². The van der Waals surface area contributed by atoms with Crippen molar-refractivity contribution in [2.24, 2.45) is 34.5 Å². The highest BCUT2D eigenvalue weighted by atomic mass is 16.5. The van der Waals surface area contributed by atoms with E-state index in [0.717, 1.165) is 31.3 Å². The lowest BCUT2D eigenvalue weighted by Gasteiger charge is -2.59. The summed E-state index contributed by atoms with van der Waals surface area (Å²) in [5.41, 5.74) is 3.87. The number of allylic oxidation sites excluding steroid dienone is 4. The minimum atomic E-state index is -0.210. The predicted molar refractivity (Wildman–Crippen MR) is 119 cm³/mol. The van der Waals surface area contributed by atoms with E-state index in [4.69, 9.17) is 4.74 Å². The van der Waals surface area contributed by atoms with Gasteiger partial charge in [-0.15, -0.1) is 0 Å². The first-order chi connectivity index (χ1) is 14.9. The number of ether oxygens (including phenoxy) is 1. The van der Waals surface area contributed by atoms with Crippen molar-refractivity contribution < 1.29 is 9.53 Å². The summed E-state index contributed by atoms with van der Waals surface area (Å²) in [6, 6.07) is 6.78. The molecule has 0 N–H and O–H groups in total. The summed E-state index contributed by atoms with van der Waals surface area (Å²) < 4.78 is 5.57. The molecule has 0 spiro atoms. The van der Waals surface area contributed by atoms with Crippen LogP contribution in [-0.2, 0) is 9.53 Å². The van der Waals surface area contributed by atoms with Crippen molar-refractivity contribution >= 4 is 11.5 Å². The van der Waals surface area contributed by atoms with Gasteiger partial charge in [-0.25, -0.2) is 0 Å². The lowest BCUT2D eigenvalue weighted by Crippen LogP contribution is -2.53. The first-order valence-corrected chi connectivity index (χ1v) is 11.8. The second-order valence-corrected chi connectivity index (χ2v) is 10.6. The molecule has 5 rings (SSSR count). The number of pyridine rings is 1. The number of hydrogen-bond acceptors (Lipinski definition) is 4. The van der Waals surface area contributed by atoms with Gasteiger partial charge in [-0.1, -0.05) is 32.1 Å². The number of rotatable bonds is 2. The van der Waals surface area contributed by atoms with Gasteiger partial charge >= 0.3 is 5.97 Å². The summed E-state index contributed by atoms with van der Waals surface area (Å²) in [6.45, 7) is 6.34. The maximum absolute atomic E-state index is 11.5. The van der Waals surface area contributed by atoms with Crippen LogP contribution in [0.25, 0.3) is 5.57 Å². The highest BCUT2D eigenvalue weighted by Gasteiger charge is 2.59. The Kier molecular flexibility index (Phi) is 4.84. The van der Waals surface area contributed by atoms with Gasteiger partial charge < -0.3 is 4.74 Å². The van der Waals surface area contributed by atoms with Gasteiger partial charge in [-0.05, 0) is 84.3 Å². The molecule has 4 aliphatic rings. The summed E-state index contributed by atoms with van der Waals surface area (Å²) >= 11 is 0. The molecule has 0 aliphatic heterocycles. The van der Waals surface area contributed by atoms with Crippen molar-refractivity contribution in [2.75, 3.05) is 0 Å². The van der Waals surface area contributed by atoms with Gasteiger partial charge in [-0.3, -0.25) is 9.78 Å². The van der Waals surface area contributed by atoms with E-state index in [0.29, 0.717) is 17.8 Å². The van der Waals surface area contributed by atoms with Gasteiger partial charge in [0.1, 0.15) is 6.10 Å². The molecule has 0 amide bonds. The summed E-state index contributed by atoms with van der Waals surface area (Å²) in [4.78, 5) is 15.9. The van der Waals surface area contributed by atoms with E-state index in [1.165, 1.54) is 30.9 Å². The average molecular weight is 417 g/mol. The highest BCUT2D eigenvalue weighted by molar-refractivity contribution is 5.72. The standard InChI is InChI=1S/C27H32N2O2/c1-17(30)31-20-8-10-27(3)24-9-11-26(2)22(18-5-4-12-29-16-18)6-7-23(26)21(24)13-19(15-28)25(27)14-20/h4-6,12-13,16,20-21,23-25H,7-11,14H2,1-3H3/t20?,21-,23-,24+,25?,26+,27+/m0/s1. The molecule has 2 fully saturated rings.